The van der Waals surface area contributed by atoms with E-state index >= 15 is 0 Å². The minimum atomic E-state index is -6.05. The van der Waals surface area contributed by atoms with E-state index in [0.717, 1.165) is 10.5 Å². The fourth-order valence-electron chi connectivity index (χ4n) is 2.54. The maximum absolute atomic E-state index is 13.6. The van der Waals surface area contributed by atoms with Gasteiger partial charge in [-0.15, -0.1) is 0 Å². The lowest BCUT2D eigenvalue weighted by molar-refractivity contribution is 0.156. The summed E-state index contributed by atoms with van der Waals surface area (Å²) in [7, 11) is -11.8. The predicted molar refractivity (Wildman–Crippen MR) is 97.5 cm³/mol. The van der Waals surface area contributed by atoms with E-state index in [2.05, 4.69) is 20.8 Å². The number of hydrogen-bond donors (Lipinski definition) is 1. The molecule has 0 spiro atoms. The molecule has 1 aromatic carbocycles. The van der Waals surface area contributed by atoms with Gasteiger partial charge in [0.05, 0.1) is 13.1 Å². The molecule has 1 saturated heterocycles. The number of sulfonamides is 1. The summed E-state index contributed by atoms with van der Waals surface area (Å²) >= 11 is 0. The summed E-state index contributed by atoms with van der Waals surface area (Å²) in [5.41, 5.74) is 1.15. The number of benzene rings is 1. The first-order valence-corrected chi connectivity index (χ1v) is 12.2. The van der Waals surface area contributed by atoms with Crippen molar-refractivity contribution in [3.8, 4) is 0 Å². The Morgan fingerprint density at radius 2 is 1.46 bits per heavy atom. The van der Waals surface area contributed by atoms with E-state index in [4.69, 9.17) is 4.55 Å². The smallest absolute Gasteiger partial charge is 0.280 e. The molecule has 0 unspecified atom stereocenters. The third kappa shape index (κ3) is 4.06. The third-order valence-corrected chi connectivity index (χ3v) is 9.97. The van der Waals surface area contributed by atoms with Crippen molar-refractivity contribution >= 4 is 31.0 Å². The van der Waals surface area contributed by atoms with Crippen LogP contribution < -0.4 is 0 Å². The molecular formula is C15H22F2NO5S3+. The molecule has 1 N–H and O–H groups in total. The Bertz CT molecular complexity index is 854. The van der Waals surface area contributed by atoms with E-state index in [1.165, 1.54) is 0 Å². The molecule has 2 rings (SSSR count). The maximum atomic E-state index is 13.6. The first-order chi connectivity index (χ1) is 11.7. The number of alkyl halides is 2. The molecule has 26 heavy (non-hydrogen) atoms. The summed E-state index contributed by atoms with van der Waals surface area (Å²) in [6.07, 6.45) is 0. The second kappa shape index (κ2) is 7.01. The van der Waals surface area contributed by atoms with Gasteiger partial charge in [-0.1, -0.05) is 32.9 Å². The van der Waals surface area contributed by atoms with Gasteiger partial charge >= 0.3 is 14.7 Å². The molecule has 1 fully saturated rings. The van der Waals surface area contributed by atoms with Crippen molar-refractivity contribution in [2.24, 2.45) is 0 Å². The van der Waals surface area contributed by atoms with Crippen LogP contribution in [-0.4, -0.2) is 54.9 Å². The predicted octanol–water partition coefficient (Wildman–Crippen LogP) is 2.04. The topological polar surface area (TPSA) is 91.8 Å². The van der Waals surface area contributed by atoms with Crippen molar-refractivity contribution in [2.45, 2.75) is 35.7 Å². The molecule has 1 aromatic rings. The fourth-order valence-corrected chi connectivity index (χ4v) is 7.20. The highest BCUT2D eigenvalue weighted by Crippen LogP contribution is 2.32. The molecule has 0 atom stereocenters. The normalized spacial score (nSPS) is 18.8. The van der Waals surface area contributed by atoms with Crippen LogP contribution in [0.5, 0.6) is 0 Å². The minimum Gasteiger partial charge on any atom is -0.280 e. The van der Waals surface area contributed by atoms with Crippen LogP contribution in [0.1, 0.15) is 26.3 Å². The molecule has 1 aliphatic heterocycles. The Hall–Kier alpha value is -0.750. The lowest BCUT2D eigenvalue weighted by atomic mass is 9.87. The fraction of sp³-hybridized carbons (Fsp3) is 0.600. The Morgan fingerprint density at radius 1 is 1.00 bits per heavy atom. The van der Waals surface area contributed by atoms with Gasteiger partial charge in [0.1, 0.15) is 11.5 Å². The summed E-state index contributed by atoms with van der Waals surface area (Å²) in [6, 6.07) is 7.91. The van der Waals surface area contributed by atoms with Gasteiger partial charge in [0, 0.05) is 10.9 Å². The molecule has 6 nitrogen and oxygen atoms in total. The van der Waals surface area contributed by atoms with Crippen molar-refractivity contribution in [3.63, 3.8) is 0 Å². The standard InChI is InChI=1S/C15H21F2NO5S3/c1-14(2,3)12-4-6-13(7-5-12)24-10-8-18(9-11-24)25(19,20)15(16,17)26(21,22)23/h4-7H,8-11H2,1-3H3/p+1. The Labute approximate surface area is 155 Å². The molecule has 0 amide bonds. The van der Waals surface area contributed by atoms with Crippen LogP contribution in [-0.2, 0) is 36.5 Å². The monoisotopic (exact) mass is 430 g/mol. The van der Waals surface area contributed by atoms with E-state index in [-0.39, 0.29) is 29.4 Å². The number of nitrogens with zero attached hydrogens (tertiary/aromatic N) is 1. The highest BCUT2D eigenvalue weighted by molar-refractivity contribution is 8.06. The van der Waals surface area contributed by atoms with Gasteiger partial charge in [0.2, 0.25) is 0 Å². The van der Waals surface area contributed by atoms with E-state index in [0.29, 0.717) is 15.8 Å². The van der Waals surface area contributed by atoms with Crippen molar-refractivity contribution in [1.82, 2.24) is 4.31 Å². The molecule has 0 saturated carbocycles. The molecule has 0 aromatic heterocycles. The van der Waals surface area contributed by atoms with Gasteiger partial charge in [-0.3, -0.25) is 4.55 Å². The van der Waals surface area contributed by atoms with Gasteiger partial charge in [-0.05, 0) is 23.1 Å². The average Bonchev–Trinajstić information content (AvgIpc) is 2.53. The summed E-state index contributed by atoms with van der Waals surface area (Å²) in [4.78, 5) is 1.01. The van der Waals surface area contributed by atoms with Crippen LogP contribution in [0.3, 0.4) is 0 Å². The zero-order valence-corrected chi connectivity index (χ0v) is 17.1. The minimum absolute atomic E-state index is 0.000449. The Kier molecular flexibility index (Phi) is 5.81. The number of hydrogen-bond acceptors (Lipinski definition) is 4. The summed E-state index contributed by atoms with van der Waals surface area (Å²) in [5, 5.41) is 0. The zero-order valence-electron chi connectivity index (χ0n) is 14.6. The van der Waals surface area contributed by atoms with Crippen LogP contribution >= 0.6 is 0 Å². The van der Waals surface area contributed by atoms with Crippen LogP contribution in [0.4, 0.5) is 8.78 Å². The van der Waals surface area contributed by atoms with Crippen LogP contribution in [0, 0.1) is 0 Å². The van der Waals surface area contributed by atoms with E-state index in [1.54, 1.807) is 0 Å². The van der Waals surface area contributed by atoms with Crippen molar-refractivity contribution in [3.05, 3.63) is 29.8 Å². The van der Waals surface area contributed by atoms with Gasteiger partial charge < -0.3 is 0 Å². The number of rotatable bonds is 4. The van der Waals surface area contributed by atoms with E-state index in [1.807, 2.05) is 24.3 Å². The van der Waals surface area contributed by atoms with Gasteiger partial charge in [-0.25, -0.2) is 8.42 Å². The molecule has 148 valence electrons. The summed E-state index contributed by atoms with van der Waals surface area (Å²) in [6.45, 7) is 5.81. The SMILES string of the molecule is CC(C)(C)c1ccc([S+]2CCN(S(=O)(=O)C(F)(F)S(=O)(=O)O)CC2)cc1. The Morgan fingerprint density at radius 3 is 1.85 bits per heavy atom. The van der Waals surface area contributed by atoms with E-state index in [9.17, 15) is 25.6 Å². The van der Waals surface area contributed by atoms with E-state index < -0.39 is 24.7 Å². The first kappa shape index (κ1) is 21.5. The molecular weight excluding hydrogens is 408 g/mol. The lowest BCUT2D eigenvalue weighted by Crippen LogP contribution is -2.52. The second-order valence-corrected chi connectivity index (χ2v) is 13.0. The van der Waals surface area contributed by atoms with Gasteiger partial charge in [-0.2, -0.15) is 21.5 Å². The van der Waals surface area contributed by atoms with Gasteiger partial charge in [0.25, 0.3) is 10.0 Å². The molecule has 1 heterocycles. The Balaban J connectivity index is 2.12. The highest BCUT2D eigenvalue weighted by Gasteiger charge is 2.60. The van der Waals surface area contributed by atoms with Gasteiger partial charge in [0.15, 0.2) is 4.90 Å². The molecule has 0 bridgehead atoms. The quantitative estimate of drug-likeness (QED) is 0.583. The second-order valence-electron chi connectivity index (χ2n) is 7.02. The summed E-state index contributed by atoms with van der Waals surface area (Å²) in [5.74, 6) is 0.630. The highest BCUT2D eigenvalue weighted by atomic mass is 32.3. The van der Waals surface area contributed by atoms with Crippen molar-refractivity contribution < 1.29 is 30.2 Å². The molecule has 11 heteroatoms. The van der Waals surface area contributed by atoms with Crippen LogP contribution in [0.15, 0.2) is 29.2 Å². The molecule has 0 radical (unpaired) electrons. The largest absolute Gasteiger partial charge is 0.484 e. The third-order valence-electron chi connectivity index (χ3n) is 4.17. The van der Waals surface area contributed by atoms with Crippen molar-refractivity contribution in [2.75, 3.05) is 24.6 Å². The number of halogens is 2. The molecule has 0 aliphatic carbocycles. The van der Waals surface area contributed by atoms with Crippen LogP contribution in [0.25, 0.3) is 0 Å². The summed E-state index contributed by atoms with van der Waals surface area (Å²) < 4.78 is 76.2. The lowest BCUT2D eigenvalue weighted by Gasteiger charge is -2.28. The van der Waals surface area contributed by atoms with Crippen LogP contribution in [0.2, 0.25) is 0 Å². The first-order valence-electron chi connectivity index (χ1n) is 7.80. The molecule has 1 aliphatic rings. The van der Waals surface area contributed by atoms with Crippen molar-refractivity contribution in [1.29, 1.82) is 0 Å². The average molecular weight is 431 g/mol. The maximum Gasteiger partial charge on any atom is 0.484 e. The zero-order chi connectivity index (χ0) is 20.0.